The number of piperazine rings is 1. The van der Waals surface area contributed by atoms with E-state index in [0.717, 1.165) is 32.4 Å². The number of hydrogen-bond acceptors (Lipinski definition) is 3. The Morgan fingerprint density at radius 1 is 1.20 bits per heavy atom. The summed E-state index contributed by atoms with van der Waals surface area (Å²) < 4.78 is 0. The average Bonchev–Trinajstić information content (AvgIpc) is 3.43. The van der Waals surface area contributed by atoms with Gasteiger partial charge >= 0.3 is 0 Å². The highest BCUT2D eigenvalue weighted by molar-refractivity contribution is 5.82. The summed E-state index contributed by atoms with van der Waals surface area (Å²) in [7, 11) is 0. The summed E-state index contributed by atoms with van der Waals surface area (Å²) in [6, 6.07) is 8.64. The zero-order valence-electron chi connectivity index (χ0n) is 15.3. The van der Waals surface area contributed by atoms with E-state index in [9.17, 15) is 9.59 Å². The largest absolute Gasteiger partial charge is 0.352 e. The SMILES string of the molecule is Cc1cccc(CCC(=O)N2CCN(C(C)C(=O)NC3CC3)CC2)c1. The van der Waals surface area contributed by atoms with Crippen LogP contribution >= 0.6 is 0 Å². The Morgan fingerprint density at radius 2 is 1.92 bits per heavy atom. The van der Waals surface area contributed by atoms with Crippen LogP contribution in [0.15, 0.2) is 24.3 Å². The average molecular weight is 343 g/mol. The van der Waals surface area contributed by atoms with Crippen molar-refractivity contribution in [3.63, 3.8) is 0 Å². The number of benzene rings is 1. The zero-order valence-corrected chi connectivity index (χ0v) is 15.3. The highest BCUT2D eigenvalue weighted by atomic mass is 16.2. The Hall–Kier alpha value is -1.88. The van der Waals surface area contributed by atoms with E-state index >= 15 is 0 Å². The molecule has 1 saturated heterocycles. The molecule has 1 aliphatic heterocycles. The lowest BCUT2D eigenvalue weighted by atomic mass is 10.1. The molecule has 1 atom stereocenters. The predicted molar refractivity (Wildman–Crippen MR) is 98.3 cm³/mol. The number of carbonyl (C=O) groups is 2. The summed E-state index contributed by atoms with van der Waals surface area (Å²) in [4.78, 5) is 28.7. The van der Waals surface area contributed by atoms with Crippen LogP contribution in [0.1, 0.15) is 37.3 Å². The van der Waals surface area contributed by atoms with Crippen molar-refractivity contribution < 1.29 is 9.59 Å². The van der Waals surface area contributed by atoms with E-state index < -0.39 is 0 Å². The molecule has 1 N–H and O–H groups in total. The molecule has 5 heteroatoms. The monoisotopic (exact) mass is 343 g/mol. The lowest BCUT2D eigenvalue weighted by Gasteiger charge is -2.37. The minimum absolute atomic E-state index is 0.106. The molecule has 2 fully saturated rings. The van der Waals surface area contributed by atoms with Crippen molar-refractivity contribution in [2.45, 2.75) is 51.6 Å². The van der Waals surface area contributed by atoms with Gasteiger partial charge in [-0.2, -0.15) is 0 Å². The lowest BCUT2D eigenvalue weighted by Crippen LogP contribution is -2.55. The second-order valence-corrected chi connectivity index (χ2v) is 7.36. The molecule has 0 spiro atoms. The fourth-order valence-electron chi connectivity index (χ4n) is 3.35. The molecule has 0 radical (unpaired) electrons. The maximum Gasteiger partial charge on any atom is 0.237 e. The van der Waals surface area contributed by atoms with Crippen molar-refractivity contribution in [1.82, 2.24) is 15.1 Å². The van der Waals surface area contributed by atoms with Crippen molar-refractivity contribution in [3.05, 3.63) is 35.4 Å². The third kappa shape index (κ3) is 5.05. The zero-order chi connectivity index (χ0) is 17.8. The third-order valence-electron chi connectivity index (χ3n) is 5.23. The molecular weight excluding hydrogens is 314 g/mol. The van der Waals surface area contributed by atoms with Crippen molar-refractivity contribution in [2.75, 3.05) is 26.2 Å². The van der Waals surface area contributed by atoms with Gasteiger partial charge in [-0.25, -0.2) is 0 Å². The van der Waals surface area contributed by atoms with Gasteiger partial charge in [-0.3, -0.25) is 14.5 Å². The van der Waals surface area contributed by atoms with Gasteiger partial charge in [0.2, 0.25) is 11.8 Å². The van der Waals surface area contributed by atoms with Crippen LogP contribution in [-0.2, 0) is 16.0 Å². The van der Waals surface area contributed by atoms with Crippen LogP contribution in [0.3, 0.4) is 0 Å². The Balaban J connectivity index is 1.41. The highest BCUT2D eigenvalue weighted by Gasteiger charge is 2.30. The third-order valence-corrected chi connectivity index (χ3v) is 5.23. The summed E-state index contributed by atoms with van der Waals surface area (Å²) in [5.74, 6) is 0.345. The Labute approximate surface area is 150 Å². The number of aryl methyl sites for hydroxylation is 2. The fourth-order valence-corrected chi connectivity index (χ4v) is 3.35. The Morgan fingerprint density at radius 3 is 2.56 bits per heavy atom. The normalized spacial score (nSPS) is 19.5. The van der Waals surface area contributed by atoms with Crippen LogP contribution in [0.4, 0.5) is 0 Å². The quantitative estimate of drug-likeness (QED) is 0.856. The van der Waals surface area contributed by atoms with Crippen LogP contribution < -0.4 is 5.32 Å². The van der Waals surface area contributed by atoms with Crippen LogP contribution in [0.2, 0.25) is 0 Å². The molecule has 1 aromatic carbocycles. The van der Waals surface area contributed by atoms with E-state index in [-0.39, 0.29) is 17.9 Å². The molecule has 136 valence electrons. The van der Waals surface area contributed by atoms with Gasteiger partial charge in [-0.15, -0.1) is 0 Å². The molecule has 1 aromatic rings. The maximum atomic E-state index is 12.4. The molecule has 2 aliphatic rings. The molecule has 2 amide bonds. The number of amides is 2. The molecule has 1 heterocycles. The second-order valence-electron chi connectivity index (χ2n) is 7.36. The van der Waals surface area contributed by atoms with Crippen molar-refractivity contribution >= 4 is 11.8 Å². The van der Waals surface area contributed by atoms with E-state index in [1.165, 1.54) is 11.1 Å². The molecule has 0 aromatic heterocycles. The first-order valence-corrected chi connectivity index (χ1v) is 9.40. The minimum Gasteiger partial charge on any atom is -0.352 e. The van der Waals surface area contributed by atoms with Crippen molar-refractivity contribution in [2.24, 2.45) is 0 Å². The lowest BCUT2D eigenvalue weighted by molar-refractivity contribution is -0.134. The first-order chi connectivity index (χ1) is 12.0. The van der Waals surface area contributed by atoms with Gasteiger partial charge in [0, 0.05) is 38.6 Å². The molecule has 1 aliphatic carbocycles. The number of rotatable bonds is 6. The van der Waals surface area contributed by atoms with Gasteiger partial charge in [0.25, 0.3) is 0 Å². The van der Waals surface area contributed by atoms with Crippen LogP contribution in [0.5, 0.6) is 0 Å². The molecular formula is C20H29N3O2. The summed E-state index contributed by atoms with van der Waals surface area (Å²) in [6.45, 7) is 7.02. The molecule has 25 heavy (non-hydrogen) atoms. The first kappa shape index (κ1) is 17.9. The summed E-state index contributed by atoms with van der Waals surface area (Å²) in [6.07, 6.45) is 3.57. The van der Waals surface area contributed by atoms with Crippen LogP contribution in [-0.4, -0.2) is 59.9 Å². The van der Waals surface area contributed by atoms with Gasteiger partial charge < -0.3 is 10.2 Å². The number of hydrogen-bond donors (Lipinski definition) is 1. The Kier molecular flexibility index (Phi) is 5.74. The first-order valence-electron chi connectivity index (χ1n) is 9.40. The summed E-state index contributed by atoms with van der Waals surface area (Å²) in [5, 5.41) is 3.07. The maximum absolute atomic E-state index is 12.4. The predicted octanol–water partition coefficient (Wildman–Crippen LogP) is 1.74. The standard InChI is InChI=1S/C20H29N3O2/c1-15-4-3-5-17(14-15)6-9-19(24)23-12-10-22(11-13-23)16(2)20(25)21-18-7-8-18/h3-5,14,16,18H,6-13H2,1-2H3,(H,21,25). The smallest absolute Gasteiger partial charge is 0.237 e. The minimum atomic E-state index is -0.106. The molecule has 3 rings (SSSR count). The molecule has 1 saturated carbocycles. The van der Waals surface area contributed by atoms with E-state index in [2.05, 4.69) is 35.3 Å². The van der Waals surface area contributed by atoms with E-state index in [0.29, 0.717) is 25.6 Å². The summed E-state index contributed by atoms with van der Waals surface area (Å²) >= 11 is 0. The fraction of sp³-hybridized carbons (Fsp3) is 0.600. The van der Waals surface area contributed by atoms with Gasteiger partial charge in [0.15, 0.2) is 0 Å². The molecule has 5 nitrogen and oxygen atoms in total. The van der Waals surface area contributed by atoms with E-state index in [1.807, 2.05) is 17.9 Å². The second kappa shape index (κ2) is 8.00. The highest BCUT2D eigenvalue weighted by Crippen LogP contribution is 2.19. The Bertz CT molecular complexity index is 619. The van der Waals surface area contributed by atoms with Crippen LogP contribution in [0, 0.1) is 6.92 Å². The topological polar surface area (TPSA) is 52.7 Å². The number of nitrogens with one attached hydrogen (secondary N) is 1. The molecule has 0 bridgehead atoms. The number of carbonyl (C=O) groups excluding carboxylic acids is 2. The van der Waals surface area contributed by atoms with E-state index in [4.69, 9.17) is 0 Å². The van der Waals surface area contributed by atoms with Crippen LogP contribution in [0.25, 0.3) is 0 Å². The van der Waals surface area contributed by atoms with Crippen molar-refractivity contribution in [3.8, 4) is 0 Å². The number of nitrogens with zero attached hydrogens (tertiary/aromatic N) is 2. The van der Waals surface area contributed by atoms with E-state index in [1.54, 1.807) is 0 Å². The summed E-state index contributed by atoms with van der Waals surface area (Å²) in [5.41, 5.74) is 2.45. The van der Waals surface area contributed by atoms with Gasteiger partial charge in [-0.05, 0) is 38.7 Å². The molecule has 1 unspecified atom stereocenters. The van der Waals surface area contributed by atoms with Crippen molar-refractivity contribution in [1.29, 1.82) is 0 Å². The van der Waals surface area contributed by atoms with Gasteiger partial charge in [0.1, 0.15) is 0 Å². The van der Waals surface area contributed by atoms with Gasteiger partial charge in [0.05, 0.1) is 6.04 Å². The van der Waals surface area contributed by atoms with Gasteiger partial charge in [-0.1, -0.05) is 29.8 Å².